The minimum absolute atomic E-state index is 0.0620. The first-order valence-electron chi connectivity index (χ1n) is 14.6. The highest BCUT2D eigenvalue weighted by Crippen LogP contribution is 2.34. The van der Waals surface area contributed by atoms with Crippen LogP contribution in [-0.2, 0) is 30.7 Å². The fourth-order valence-corrected chi connectivity index (χ4v) is 6.97. The van der Waals surface area contributed by atoms with Crippen LogP contribution in [0.15, 0.2) is 49.3 Å². The van der Waals surface area contributed by atoms with E-state index in [2.05, 4.69) is 62.1 Å². The van der Waals surface area contributed by atoms with Gasteiger partial charge in [-0.25, -0.2) is 9.97 Å². The molecule has 9 nitrogen and oxygen atoms in total. The summed E-state index contributed by atoms with van der Waals surface area (Å²) in [5, 5.41) is 21.7. The van der Waals surface area contributed by atoms with Gasteiger partial charge in [-0.1, -0.05) is 12.6 Å². The van der Waals surface area contributed by atoms with Crippen molar-refractivity contribution in [3.8, 4) is 6.07 Å². The molecular weight excluding hydrogens is 601 g/mol. The molecule has 0 radical (unpaired) electrons. The first-order chi connectivity index (χ1) is 21.6. The summed E-state index contributed by atoms with van der Waals surface area (Å²) in [6, 6.07) is 10.1. The van der Waals surface area contributed by atoms with E-state index in [-0.39, 0.29) is 28.9 Å². The fraction of sp³-hybridized carbons (Fsp3) is 0.344. The summed E-state index contributed by atoms with van der Waals surface area (Å²) >= 11 is 0.977. The van der Waals surface area contributed by atoms with Crippen LogP contribution in [0, 0.1) is 18.3 Å². The number of fused-ring (bicyclic) bond motifs is 2. The predicted octanol–water partition coefficient (Wildman–Crippen LogP) is 6.08. The highest BCUT2D eigenvalue weighted by atomic mass is 32.1. The highest BCUT2D eigenvalue weighted by Gasteiger charge is 2.30. The number of hydrogen-bond donors (Lipinski definition) is 2. The van der Waals surface area contributed by atoms with Crippen LogP contribution >= 0.6 is 11.3 Å². The molecule has 1 saturated heterocycles. The maximum absolute atomic E-state index is 13.1. The topological polar surface area (TPSA) is 116 Å². The average molecular weight is 633 g/mol. The number of nitriles is 1. The Balaban J connectivity index is 1.16. The molecule has 45 heavy (non-hydrogen) atoms. The van der Waals surface area contributed by atoms with Crippen LogP contribution in [0.5, 0.6) is 0 Å². The van der Waals surface area contributed by atoms with Gasteiger partial charge in [-0.3, -0.25) is 14.8 Å². The lowest BCUT2D eigenvalue weighted by Gasteiger charge is -2.33. The van der Waals surface area contributed by atoms with Crippen molar-refractivity contribution in [2.75, 3.05) is 18.4 Å². The third-order valence-corrected chi connectivity index (χ3v) is 9.25. The van der Waals surface area contributed by atoms with Crippen molar-refractivity contribution in [3.63, 3.8) is 0 Å². The quantitative estimate of drug-likeness (QED) is 0.180. The lowest BCUT2D eigenvalue weighted by atomic mass is 10.0. The molecule has 5 heterocycles. The molecule has 1 aromatic carbocycles. The number of carbonyl (C=O) groups excluding carboxylic acids is 1. The number of anilines is 1. The van der Waals surface area contributed by atoms with Gasteiger partial charge in [0.15, 0.2) is 5.78 Å². The highest BCUT2D eigenvalue weighted by molar-refractivity contribution is 7.18. The minimum Gasteiger partial charge on any atom is -0.367 e. The first-order valence-corrected chi connectivity index (χ1v) is 15.4. The molecule has 232 valence electrons. The van der Waals surface area contributed by atoms with Crippen LogP contribution in [0.2, 0.25) is 0 Å². The van der Waals surface area contributed by atoms with Gasteiger partial charge in [0.25, 0.3) is 0 Å². The summed E-state index contributed by atoms with van der Waals surface area (Å²) in [7, 11) is 0. The molecule has 1 aliphatic heterocycles. The number of aryl methyl sites for hydroxylation is 1. The zero-order chi connectivity index (χ0) is 31.7. The summed E-state index contributed by atoms with van der Waals surface area (Å²) in [6.45, 7) is 8.55. The van der Waals surface area contributed by atoms with Gasteiger partial charge >= 0.3 is 6.18 Å². The number of ketones is 1. The summed E-state index contributed by atoms with van der Waals surface area (Å²) in [5.74, 6) is 0.466. The van der Waals surface area contributed by atoms with Gasteiger partial charge in [0.1, 0.15) is 28.2 Å². The number of thiophene rings is 1. The van der Waals surface area contributed by atoms with Crippen LogP contribution < -0.4 is 5.32 Å². The third kappa shape index (κ3) is 6.77. The van der Waals surface area contributed by atoms with Crippen LogP contribution in [0.1, 0.15) is 45.9 Å². The Kier molecular flexibility index (Phi) is 8.44. The van der Waals surface area contributed by atoms with Crippen molar-refractivity contribution >= 4 is 44.1 Å². The van der Waals surface area contributed by atoms with E-state index in [9.17, 15) is 23.2 Å². The Labute approximate surface area is 261 Å². The number of aromatic nitrogens is 5. The van der Waals surface area contributed by atoms with Gasteiger partial charge in [0.2, 0.25) is 0 Å². The van der Waals surface area contributed by atoms with Crippen molar-refractivity contribution in [2.45, 2.75) is 57.9 Å². The molecular formula is C32H31F3N8OS. The number of hydrogen-bond acceptors (Lipinski definition) is 8. The third-order valence-electron chi connectivity index (χ3n) is 8.22. The fourth-order valence-electron chi connectivity index (χ4n) is 5.89. The number of allylic oxidation sites excluding steroid dienone is 1. The summed E-state index contributed by atoms with van der Waals surface area (Å²) in [6.07, 6.45) is 0.971. The number of aromatic amines is 1. The Hall–Kier alpha value is -4.54. The van der Waals surface area contributed by atoms with E-state index >= 15 is 0 Å². The van der Waals surface area contributed by atoms with Crippen molar-refractivity contribution in [1.29, 1.82) is 5.26 Å². The normalized spacial score (nSPS) is 14.6. The van der Waals surface area contributed by atoms with Crippen molar-refractivity contribution in [3.05, 3.63) is 82.4 Å². The van der Waals surface area contributed by atoms with E-state index < -0.39 is 12.6 Å². The second kappa shape index (κ2) is 12.5. The minimum atomic E-state index is -4.33. The first kappa shape index (κ1) is 30.5. The molecule has 0 bridgehead atoms. The number of benzene rings is 1. The number of likely N-dealkylation sites (tertiary alicyclic amines) is 1. The number of H-pyrrole nitrogens is 1. The van der Waals surface area contributed by atoms with Crippen LogP contribution in [-0.4, -0.2) is 60.7 Å². The monoisotopic (exact) mass is 632 g/mol. The van der Waals surface area contributed by atoms with Gasteiger partial charge in [-0.05, 0) is 55.2 Å². The maximum atomic E-state index is 13.1. The van der Waals surface area contributed by atoms with Crippen LogP contribution in [0.3, 0.4) is 0 Å². The van der Waals surface area contributed by atoms with Crippen molar-refractivity contribution in [2.24, 2.45) is 0 Å². The van der Waals surface area contributed by atoms with E-state index in [1.165, 1.54) is 17.7 Å². The van der Waals surface area contributed by atoms with Gasteiger partial charge in [-0.15, -0.1) is 11.3 Å². The molecule has 4 aromatic heterocycles. The summed E-state index contributed by atoms with van der Waals surface area (Å²) in [4.78, 5) is 23.9. The number of halogens is 3. The van der Waals surface area contributed by atoms with Crippen molar-refractivity contribution < 1.29 is 18.0 Å². The Bertz CT molecular complexity index is 1910. The molecule has 0 unspecified atom stereocenters. The molecule has 0 amide bonds. The number of rotatable bonds is 10. The largest absolute Gasteiger partial charge is 0.393 e. The van der Waals surface area contributed by atoms with E-state index in [0.29, 0.717) is 28.3 Å². The second-order valence-electron chi connectivity index (χ2n) is 11.4. The van der Waals surface area contributed by atoms with E-state index in [1.807, 2.05) is 16.8 Å². The SMILES string of the molecule is C=CC(=O)Cc1nc(NC2CCN(Cc3ccc4c(cc(C#N)n4Cc4cn[nH]c4)c3C)CC2)c2cc(CC(F)(F)F)sc2n1. The second-order valence-corrected chi connectivity index (χ2v) is 12.5. The molecule has 1 fully saturated rings. The van der Waals surface area contributed by atoms with E-state index in [0.717, 1.165) is 65.8 Å². The molecule has 1 aliphatic rings. The van der Waals surface area contributed by atoms with E-state index in [1.54, 1.807) is 6.20 Å². The lowest BCUT2D eigenvalue weighted by Crippen LogP contribution is -2.39. The Morgan fingerprint density at radius 3 is 2.71 bits per heavy atom. The summed E-state index contributed by atoms with van der Waals surface area (Å²) < 4.78 is 41.4. The van der Waals surface area contributed by atoms with Crippen LogP contribution in [0.4, 0.5) is 19.0 Å². The molecule has 6 rings (SSSR count). The zero-order valence-corrected chi connectivity index (χ0v) is 25.4. The Morgan fingerprint density at radius 2 is 2.02 bits per heavy atom. The number of carbonyl (C=O) groups is 1. The molecule has 0 atom stereocenters. The van der Waals surface area contributed by atoms with Gasteiger partial charge in [0.05, 0.1) is 31.0 Å². The Morgan fingerprint density at radius 1 is 1.22 bits per heavy atom. The van der Waals surface area contributed by atoms with Gasteiger partial charge < -0.3 is 9.88 Å². The maximum Gasteiger partial charge on any atom is 0.393 e. The van der Waals surface area contributed by atoms with Gasteiger partial charge in [0, 0.05) is 53.2 Å². The smallest absolute Gasteiger partial charge is 0.367 e. The number of nitrogens with zero attached hydrogens (tertiary/aromatic N) is 6. The van der Waals surface area contributed by atoms with Gasteiger partial charge in [-0.2, -0.15) is 23.5 Å². The molecule has 0 spiro atoms. The number of nitrogens with one attached hydrogen (secondary N) is 2. The molecule has 0 saturated carbocycles. The van der Waals surface area contributed by atoms with Crippen molar-refractivity contribution in [1.82, 2.24) is 29.6 Å². The lowest BCUT2D eigenvalue weighted by molar-refractivity contribution is -0.126. The number of alkyl halides is 3. The number of piperidine rings is 1. The predicted molar refractivity (Wildman–Crippen MR) is 167 cm³/mol. The zero-order valence-electron chi connectivity index (χ0n) is 24.6. The molecule has 0 aliphatic carbocycles. The average Bonchev–Trinajstić information content (AvgIpc) is 3.74. The molecule has 13 heteroatoms. The molecule has 2 N–H and O–H groups in total. The standard InChI is InChI=1S/C32H31F3N8OS/c1-3-24(44)11-29-40-30(27-12-25(13-32(33,34)35)45-31(27)41-29)39-22-6-8-42(9-7-22)18-21-4-5-28-26(19(21)2)10-23(14-36)43(28)17-20-15-37-38-16-20/h3-5,10,12,15-16,22H,1,6-9,11,13,17-18H2,2H3,(H,37,38)(H,39,40,41). The summed E-state index contributed by atoms with van der Waals surface area (Å²) in [5.41, 5.74) is 4.95. The van der Waals surface area contributed by atoms with Crippen LogP contribution in [0.25, 0.3) is 21.1 Å². The molecule has 5 aromatic rings. The van der Waals surface area contributed by atoms with E-state index in [4.69, 9.17) is 0 Å².